The molecule has 2 aliphatic heterocycles. The second-order valence-corrected chi connectivity index (χ2v) is 15.2. The van der Waals surface area contributed by atoms with Crippen molar-refractivity contribution >= 4 is 69.2 Å². The number of fused-ring (bicyclic) bond motifs is 4. The number of phenols is 1. The Kier molecular flexibility index (Phi) is 8.61. The molecule has 4 aliphatic rings. The van der Waals surface area contributed by atoms with Crippen LogP contribution in [0.2, 0.25) is 5.02 Å². The highest BCUT2D eigenvalue weighted by atomic mass is 127. The number of phenolic OH excluding ortho intramolecular Hbond substituents is 1. The summed E-state index contributed by atoms with van der Waals surface area (Å²) in [5.41, 5.74) is 3.60. The second kappa shape index (κ2) is 13.0. The summed E-state index contributed by atoms with van der Waals surface area (Å²) in [4.78, 5) is 59.8. The summed E-state index contributed by atoms with van der Waals surface area (Å²) in [7, 11) is 0. The van der Waals surface area contributed by atoms with E-state index in [1.165, 1.54) is 29.2 Å². The predicted molar refractivity (Wildman–Crippen MR) is 200 cm³/mol. The Morgan fingerprint density at radius 2 is 1.63 bits per heavy atom. The van der Waals surface area contributed by atoms with Gasteiger partial charge in [0.25, 0.3) is 11.8 Å². The first kappa shape index (κ1) is 34.3. The number of benzene rings is 4. The van der Waals surface area contributed by atoms with Gasteiger partial charge in [-0.15, -0.1) is 0 Å². The maximum atomic E-state index is 15.3. The molecule has 0 radical (unpaired) electrons. The topological polar surface area (TPSA) is 116 Å². The van der Waals surface area contributed by atoms with Crippen molar-refractivity contribution in [1.82, 2.24) is 5.01 Å². The summed E-state index contributed by atoms with van der Waals surface area (Å²) in [5.74, 6) is -6.42. The van der Waals surface area contributed by atoms with E-state index in [9.17, 15) is 23.9 Å². The number of nitrogens with zero attached hydrogens (tertiary/aromatic N) is 2. The fourth-order valence-electron chi connectivity index (χ4n) is 8.89. The molecular formula is C40H32ClFIN3O6. The highest BCUT2D eigenvalue weighted by Gasteiger charge is 2.70. The maximum absolute atomic E-state index is 15.3. The second-order valence-electron chi connectivity index (χ2n) is 13.5. The third kappa shape index (κ3) is 5.14. The van der Waals surface area contributed by atoms with Gasteiger partial charge >= 0.3 is 0 Å². The molecule has 2 aliphatic carbocycles. The number of carbonyl (C=O) groups is 4. The van der Waals surface area contributed by atoms with E-state index in [0.717, 1.165) is 8.58 Å². The van der Waals surface area contributed by atoms with Gasteiger partial charge in [-0.3, -0.25) is 29.5 Å². The normalized spacial score (nSPS) is 26.5. The summed E-state index contributed by atoms with van der Waals surface area (Å²) < 4.78 is 20.6. The molecule has 6 unspecified atom stereocenters. The molecule has 2 saturated heterocycles. The zero-order valence-corrected chi connectivity index (χ0v) is 30.7. The average Bonchev–Trinajstić information content (AvgIpc) is 3.52. The maximum Gasteiger partial charge on any atom is 0.260 e. The monoisotopic (exact) mass is 831 g/mol. The number of imide groups is 2. The number of allylic oxidation sites excluding steroid dienone is 2. The Balaban J connectivity index is 1.34. The molecule has 264 valence electrons. The third-order valence-electron chi connectivity index (χ3n) is 11.0. The molecule has 52 heavy (non-hydrogen) atoms. The molecule has 4 aromatic carbocycles. The van der Waals surface area contributed by atoms with Crippen molar-refractivity contribution in [2.24, 2.45) is 23.7 Å². The Morgan fingerprint density at radius 3 is 2.33 bits per heavy atom. The van der Waals surface area contributed by atoms with Crippen LogP contribution in [0.3, 0.4) is 0 Å². The number of amides is 4. The van der Waals surface area contributed by atoms with Gasteiger partial charge in [-0.2, -0.15) is 5.01 Å². The fourth-order valence-corrected chi connectivity index (χ4v) is 9.37. The van der Waals surface area contributed by atoms with E-state index >= 15 is 4.79 Å². The van der Waals surface area contributed by atoms with Gasteiger partial charge in [-0.1, -0.05) is 47.5 Å². The van der Waals surface area contributed by atoms with E-state index in [-0.39, 0.29) is 42.8 Å². The average molecular weight is 832 g/mol. The highest BCUT2D eigenvalue weighted by Crippen LogP contribution is 2.65. The van der Waals surface area contributed by atoms with E-state index in [1.54, 1.807) is 61.5 Å². The van der Waals surface area contributed by atoms with E-state index in [4.69, 9.17) is 16.3 Å². The summed E-state index contributed by atoms with van der Waals surface area (Å²) in [5, 5.41) is 13.3. The van der Waals surface area contributed by atoms with Crippen LogP contribution >= 0.6 is 34.2 Å². The molecular weight excluding hydrogens is 800 g/mol. The van der Waals surface area contributed by atoms with E-state index in [2.05, 4.69) is 28.0 Å². The quantitative estimate of drug-likeness (QED) is 0.114. The SMILES string of the molecule is CCOc1cccc(C2C3=CCC4C(=O)N(c5ccc(I)cc5)C(=O)C4C3CC3C(=O)N(Nc4ccc(F)cc4)C(=O)C32c2ccc(Cl)cc2)c1O. The molecule has 3 fully saturated rings. The van der Waals surface area contributed by atoms with Crippen molar-refractivity contribution in [1.29, 1.82) is 0 Å². The number of halogens is 3. The first-order valence-corrected chi connectivity index (χ1v) is 18.5. The lowest BCUT2D eigenvalue weighted by Gasteiger charge is -2.50. The lowest BCUT2D eigenvalue weighted by atomic mass is 9.49. The number of anilines is 2. The van der Waals surface area contributed by atoms with Gasteiger partial charge in [0, 0.05) is 20.1 Å². The third-order valence-corrected chi connectivity index (χ3v) is 12.0. The van der Waals surface area contributed by atoms with Crippen LogP contribution in [-0.4, -0.2) is 40.4 Å². The number of ether oxygens (including phenoxy) is 1. The van der Waals surface area contributed by atoms with Gasteiger partial charge < -0.3 is 9.84 Å². The van der Waals surface area contributed by atoms with Gasteiger partial charge in [0.05, 0.1) is 41.2 Å². The van der Waals surface area contributed by atoms with E-state index in [1.807, 2.05) is 18.2 Å². The van der Waals surface area contributed by atoms with Gasteiger partial charge in [-0.25, -0.2) is 4.39 Å². The van der Waals surface area contributed by atoms with Gasteiger partial charge in [0.2, 0.25) is 11.8 Å². The smallest absolute Gasteiger partial charge is 0.260 e. The van der Waals surface area contributed by atoms with Crippen LogP contribution in [-0.2, 0) is 24.6 Å². The summed E-state index contributed by atoms with van der Waals surface area (Å²) in [6.07, 6.45) is 2.22. The minimum absolute atomic E-state index is 0.0732. The number of rotatable bonds is 7. The molecule has 0 bridgehead atoms. The number of para-hydroxylation sites is 1. The van der Waals surface area contributed by atoms with Crippen molar-refractivity contribution < 1.29 is 33.4 Å². The van der Waals surface area contributed by atoms with Crippen LogP contribution in [0, 0.1) is 33.1 Å². The Hall–Kier alpha value is -4.75. The van der Waals surface area contributed by atoms with Crippen LogP contribution in [0.5, 0.6) is 11.5 Å². The number of aromatic hydroxyl groups is 1. The van der Waals surface area contributed by atoms with Crippen LogP contribution in [0.25, 0.3) is 0 Å². The molecule has 9 nitrogen and oxygen atoms in total. The predicted octanol–water partition coefficient (Wildman–Crippen LogP) is 7.38. The van der Waals surface area contributed by atoms with Crippen LogP contribution in [0.4, 0.5) is 15.8 Å². The molecule has 1 saturated carbocycles. The highest BCUT2D eigenvalue weighted by molar-refractivity contribution is 14.1. The number of nitrogens with one attached hydrogen (secondary N) is 1. The largest absolute Gasteiger partial charge is 0.504 e. The Bertz CT molecular complexity index is 2160. The van der Waals surface area contributed by atoms with Gasteiger partial charge in [-0.05, 0) is 121 Å². The van der Waals surface area contributed by atoms with Crippen molar-refractivity contribution in [3.05, 3.63) is 128 Å². The van der Waals surface area contributed by atoms with Crippen LogP contribution in [0.1, 0.15) is 36.8 Å². The summed E-state index contributed by atoms with van der Waals surface area (Å²) >= 11 is 8.53. The minimum atomic E-state index is -1.63. The molecule has 0 aromatic heterocycles. The van der Waals surface area contributed by atoms with Gasteiger partial charge in [0.15, 0.2) is 11.5 Å². The molecule has 8 rings (SSSR count). The lowest BCUT2D eigenvalue weighted by molar-refractivity contribution is -0.138. The van der Waals surface area contributed by atoms with Crippen molar-refractivity contribution in [3.8, 4) is 11.5 Å². The van der Waals surface area contributed by atoms with E-state index in [0.29, 0.717) is 33.1 Å². The lowest BCUT2D eigenvalue weighted by Crippen LogP contribution is -2.53. The Labute approximate surface area is 317 Å². The van der Waals surface area contributed by atoms with Crippen molar-refractivity contribution in [3.63, 3.8) is 0 Å². The number of hydrogen-bond donors (Lipinski definition) is 2. The zero-order chi connectivity index (χ0) is 36.5. The molecule has 0 spiro atoms. The summed E-state index contributed by atoms with van der Waals surface area (Å²) in [6.45, 7) is 2.05. The minimum Gasteiger partial charge on any atom is -0.504 e. The van der Waals surface area contributed by atoms with Gasteiger partial charge in [0.1, 0.15) is 5.82 Å². The molecule has 4 amide bonds. The number of carbonyl (C=O) groups excluding carboxylic acids is 4. The van der Waals surface area contributed by atoms with Crippen molar-refractivity contribution in [2.75, 3.05) is 16.9 Å². The fraction of sp³-hybridized carbons (Fsp3) is 0.250. The molecule has 12 heteroatoms. The Morgan fingerprint density at radius 1 is 0.923 bits per heavy atom. The zero-order valence-electron chi connectivity index (χ0n) is 27.8. The van der Waals surface area contributed by atoms with Crippen LogP contribution in [0.15, 0.2) is 103 Å². The number of hydrazine groups is 1. The molecule has 4 aromatic rings. The molecule has 2 N–H and O–H groups in total. The first-order chi connectivity index (χ1) is 25.1. The number of hydrogen-bond acceptors (Lipinski definition) is 7. The van der Waals surface area contributed by atoms with Crippen LogP contribution < -0.4 is 15.1 Å². The standard InChI is InChI=1S/C40H32ClFIN3O6/c1-2-52-32-5-3-4-29(35(32)47)34-27-18-19-28-33(38(50)45(36(28)48)26-16-12-24(43)13-17-26)30(27)20-31-37(49)46(44-25-14-10-23(42)11-15-25)39(51)40(31,34)21-6-8-22(41)9-7-21/h3-18,28,30-31,33-34,44,47H,2,19-20H2,1H3. The first-order valence-electron chi connectivity index (χ1n) is 17.0. The van der Waals surface area contributed by atoms with E-state index < -0.39 is 52.6 Å². The molecule has 2 heterocycles. The molecule has 6 atom stereocenters. The van der Waals surface area contributed by atoms with Crippen molar-refractivity contribution in [2.45, 2.75) is 31.1 Å². The summed E-state index contributed by atoms with van der Waals surface area (Å²) in [6, 6.07) is 24.2.